The number of nitrogens with two attached hydrogens (primary N) is 1. The molecule has 0 aliphatic carbocycles. The van der Waals surface area contributed by atoms with Crippen LogP contribution < -0.4 is 10.6 Å². The van der Waals surface area contributed by atoms with Gasteiger partial charge in [0.15, 0.2) is 0 Å². The Kier molecular flexibility index (Phi) is 3.13. The molecule has 2 heterocycles. The summed E-state index contributed by atoms with van der Waals surface area (Å²) in [6.07, 6.45) is 3.21. The van der Waals surface area contributed by atoms with E-state index in [0.29, 0.717) is 12.4 Å². The van der Waals surface area contributed by atoms with Crippen molar-refractivity contribution in [2.75, 3.05) is 17.7 Å². The molecule has 0 aliphatic heterocycles. The van der Waals surface area contributed by atoms with E-state index in [0.717, 1.165) is 5.56 Å². The minimum Gasteiger partial charge on any atom is -0.472 e. The molecule has 0 fully saturated rings. The van der Waals surface area contributed by atoms with Crippen molar-refractivity contribution in [2.24, 2.45) is 0 Å². The third-order valence-electron chi connectivity index (χ3n) is 2.48. The average Bonchev–Trinajstić information content (AvgIpc) is 2.81. The van der Waals surface area contributed by atoms with Crippen LogP contribution in [0.5, 0.6) is 0 Å². The summed E-state index contributed by atoms with van der Waals surface area (Å²) in [5.41, 5.74) is 6.33. The highest BCUT2D eigenvalue weighted by atomic mass is 16.6. The monoisotopic (exact) mass is 248 g/mol. The van der Waals surface area contributed by atoms with Crippen LogP contribution in [0.3, 0.4) is 0 Å². The van der Waals surface area contributed by atoms with Crippen LogP contribution in [-0.4, -0.2) is 17.0 Å². The van der Waals surface area contributed by atoms with Gasteiger partial charge in [-0.25, -0.2) is 4.98 Å². The fourth-order valence-electron chi connectivity index (χ4n) is 1.56. The molecule has 0 radical (unpaired) electrons. The minimum atomic E-state index is -0.553. The summed E-state index contributed by atoms with van der Waals surface area (Å²) >= 11 is 0. The van der Waals surface area contributed by atoms with E-state index in [1.807, 2.05) is 18.0 Å². The second-order valence-electron chi connectivity index (χ2n) is 3.82. The van der Waals surface area contributed by atoms with Gasteiger partial charge in [0.1, 0.15) is 5.82 Å². The summed E-state index contributed by atoms with van der Waals surface area (Å²) in [5.74, 6) is 0.482. The molecule has 0 aromatic carbocycles. The first-order valence-electron chi connectivity index (χ1n) is 5.21. The van der Waals surface area contributed by atoms with Crippen molar-refractivity contribution in [1.82, 2.24) is 4.98 Å². The van der Waals surface area contributed by atoms with Crippen molar-refractivity contribution in [3.63, 3.8) is 0 Å². The summed E-state index contributed by atoms with van der Waals surface area (Å²) in [4.78, 5) is 15.9. The number of anilines is 2. The summed E-state index contributed by atoms with van der Waals surface area (Å²) in [6.45, 7) is 0.584. The van der Waals surface area contributed by atoms with Crippen LogP contribution in [0.25, 0.3) is 0 Å². The lowest BCUT2D eigenvalue weighted by Crippen LogP contribution is -2.18. The van der Waals surface area contributed by atoms with Gasteiger partial charge < -0.3 is 15.1 Å². The fraction of sp³-hybridized carbons (Fsp3) is 0.182. The quantitative estimate of drug-likeness (QED) is 0.654. The summed E-state index contributed by atoms with van der Waals surface area (Å²) in [7, 11) is 1.82. The Balaban J connectivity index is 2.18. The van der Waals surface area contributed by atoms with Crippen LogP contribution in [0.2, 0.25) is 0 Å². The predicted octanol–water partition coefficient (Wildman–Crippen LogP) is 1.80. The molecular weight excluding hydrogens is 236 g/mol. The zero-order valence-corrected chi connectivity index (χ0v) is 9.74. The lowest BCUT2D eigenvalue weighted by molar-refractivity contribution is -0.384. The molecule has 0 bridgehead atoms. The van der Waals surface area contributed by atoms with Crippen LogP contribution in [-0.2, 0) is 6.54 Å². The smallest absolute Gasteiger partial charge is 0.311 e. The van der Waals surface area contributed by atoms with Crippen molar-refractivity contribution in [2.45, 2.75) is 6.54 Å². The van der Waals surface area contributed by atoms with Gasteiger partial charge in [-0.15, -0.1) is 0 Å². The number of nitrogens with zero attached hydrogens (tertiary/aromatic N) is 3. The largest absolute Gasteiger partial charge is 0.472 e. The first kappa shape index (κ1) is 11.9. The number of pyridine rings is 1. The summed E-state index contributed by atoms with van der Waals surface area (Å²) < 4.78 is 4.96. The highest BCUT2D eigenvalue weighted by Crippen LogP contribution is 2.23. The number of hydrogen-bond acceptors (Lipinski definition) is 6. The molecule has 0 atom stereocenters. The Hall–Kier alpha value is -2.57. The predicted molar refractivity (Wildman–Crippen MR) is 66.1 cm³/mol. The molecule has 18 heavy (non-hydrogen) atoms. The van der Waals surface area contributed by atoms with Gasteiger partial charge in [0.05, 0.1) is 17.4 Å². The fourth-order valence-corrected chi connectivity index (χ4v) is 1.56. The zero-order chi connectivity index (χ0) is 13.1. The van der Waals surface area contributed by atoms with Gasteiger partial charge in [0.25, 0.3) is 0 Å². The Labute approximate surface area is 103 Å². The first-order valence-corrected chi connectivity index (χ1v) is 5.21. The van der Waals surface area contributed by atoms with Crippen molar-refractivity contribution < 1.29 is 9.34 Å². The molecule has 7 heteroatoms. The summed E-state index contributed by atoms with van der Waals surface area (Å²) in [5, 5.41) is 10.6. The molecule has 0 amide bonds. The molecule has 0 aliphatic rings. The summed E-state index contributed by atoms with van der Waals surface area (Å²) in [6, 6.07) is 4.75. The SMILES string of the molecule is CN(Cc1ccoc1)c1ccc([N+](=O)[O-])c(N)n1. The number of nitrogen functional groups attached to an aromatic ring is 1. The maximum absolute atomic E-state index is 10.6. The molecule has 7 nitrogen and oxygen atoms in total. The highest BCUT2D eigenvalue weighted by Gasteiger charge is 2.14. The highest BCUT2D eigenvalue weighted by molar-refractivity contribution is 5.57. The molecule has 0 unspecified atom stereocenters. The van der Waals surface area contributed by atoms with Gasteiger partial charge in [0.2, 0.25) is 5.82 Å². The van der Waals surface area contributed by atoms with E-state index in [1.54, 1.807) is 18.6 Å². The van der Waals surface area contributed by atoms with Gasteiger partial charge >= 0.3 is 5.69 Å². The topological polar surface area (TPSA) is 98.4 Å². The number of rotatable bonds is 4. The van der Waals surface area contributed by atoms with Crippen LogP contribution >= 0.6 is 0 Å². The van der Waals surface area contributed by atoms with Crippen LogP contribution in [0.1, 0.15) is 5.56 Å². The minimum absolute atomic E-state index is 0.0865. The number of nitro groups is 1. The molecule has 2 N–H and O–H groups in total. The van der Waals surface area contributed by atoms with E-state index in [1.165, 1.54) is 6.07 Å². The number of hydrogen-bond donors (Lipinski definition) is 1. The Morgan fingerprint density at radius 3 is 2.83 bits per heavy atom. The zero-order valence-electron chi connectivity index (χ0n) is 9.74. The first-order chi connectivity index (χ1) is 8.58. The van der Waals surface area contributed by atoms with Crippen molar-refractivity contribution in [3.05, 3.63) is 46.4 Å². The molecule has 0 spiro atoms. The van der Waals surface area contributed by atoms with Gasteiger partial charge in [-0.05, 0) is 12.1 Å². The molecule has 2 rings (SSSR count). The second kappa shape index (κ2) is 4.74. The standard InChI is InChI=1S/C11H12N4O3/c1-14(6-8-4-5-18-7-8)10-3-2-9(15(16)17)11(12)13-10/h2-5,7H,6H2,1H3,(H2,12,13). The van der Waals surface area contributed by atoms with E-state index in [4.69, 9.17) is 10.2 Å². The molecule has 2 aromatic heterocycles. The van der Waals surface area contributed by atoms with Crippen molar-refractivity contribution in [1.29, 1.82) is 0 Å². The van der Waals surface area contributed by atoms with E-state index in [9.17, 15) is 10.1 Å². The third-order valence-corrected chi connectivity index (χ3v) is 2.48. The van der Waals surface area contributed by atoms with Gasteiger partial charge in [0, 0.05) is 25.2 Å². The second-order valence-corrected chi connectivity index (χ2v) is 3.82. The molecule has 0 saturated carbocycles. The Morgan fingerprint density at radius 1 is 1.50 bits per heavy atom. The maximum Gasteiger partial charge on any atom is 0.311 e. The normalized spacial score (nSPS) is 10.3. The average molecular weight is 248 g/mol. The lowest BCUT2D eigenvalue weighted by Gasteiger charge is -2.17. The molecule has 94 valence electrons. The third kappa shape index (κ3) is 2.40. The number of furan rings is 1. The Morgan fingerprint density at radius 2 is 2.28 bits per heavy atom. The van der Waals surface area contributed by atoms with Gasteiger partial charge in [-0.1, -0.05) is 0 Å². The molecule has 0 saturated heterocycles. The lowest BCUT2D eigenvalue weighted by atomic mass is 10.3. The molecule has 2 aromatic rings. The van der Waals surface area contributed by atoms with Crippen molar-refractivity contribution in [3.8, 4) is 0 Å². The maximum atomic E-state index is 10.6. The van der Waals surface area contributed by atoms with E-state index in [-0.39, 0.29) is 11.5 Å². The molecular formula is C11H12N4O3. The Bertz CT molecular complexity index is 553. The van der Waals surface area contributed by atoms with E-state index >= 15 is 0 Å². The van der Waals surface area contributed by atoms with Crippen LogP contribution in [0.15, 0.2) is 35.1 Å². The number of aromatic nitrogens is 1. The van der Waals surface area contributed by atoms with Gasteiger partial charge in [-0.3, -0.25) is 10.1 Å². The van der Waals surface area contributed by atoms with E-state index in [2.05, 4.69) is 4.98 Å². The van der Waals surface area contributed by atoms with Crippen LogP contribution in [0.4, 0.5) is 17.3 Å². The van der Waals surface area contributed by atoms with Crippen LogP contribution in [0, 0.1) is 10.1 Å². The van der Waals surface area contributed by atoms with Gasteiger partial charge in [-0.2, -0.15) is 0 Å². The van der Waals surface area contributed by atoms with E-state index < -0.39 is 4.92 Å². The van der Waals surface area contributed by atoms with Crippen molar-refractivity contribution >= 4 is 17.3 Å².